The molecule has 254 valence electrons. The van der Waals surface area contributed by atoms with Crippen molar-refractivity contribution in [3.05, 3.63) is 48.7 Å². The van der Waals surface area contributed by atoms with Crippen LogP contribution in [0.3, 0.4) is 0 Å². The third-order valence-electron chi connectivity index (χ3n) is 8.96. The van der Waals surface area contributed by atoms with E-state index in [1.165, 1.54) is 6.33 Å². The Morgan fingerprint density at radius 3 is 2.52 bits per heavy atom. The maximum absolute atomic E-state index is 9.66. The van der Waals surface area contributed by atoms with Crippen molar-refractivity contribution >= 4 is 11.6 Å². The molecular weight excluding hydrogens is 614 g/mol. The van der Waals surface area contributed by atoms with Crippen LogP contribution in [0.4, 0.5) is 11.6 Å². The summed E-state index contributed by atoms with van der Waals surface area (Å²) in [4.78, 5) is 11.8. The largest absolute Gasteiger partial charge is 0.487 e. The standard InChI is InChI=1S/C33H43N11O4/c1-23(45-3)10-13-47-32-30(21-44(39-32)29-8-6-28(7-9-29)42-11-14-46-15-12-42)38-33-35-18-27(19-36-33)25-4-5-26(17-34)31(16-25)48-24(2)20-43-22-37-40-41-43/h4-5,16,18-19,21-24,28-29H,6-15,20H2,1-3H3,(H,35,36,38)/t23?,24-,28-,29-/m0/s1. The lowest BCUT2D eigenvalue weighted by Gasteiger charge is -2.38. The molecule has 48 heavy (non-hydrogen) atoms. The molecule has 0 spiro atoms. The predicted molar refractivity (Wildman–Crippen MR) is 176 cm³/mol. The van der Waals surface area contributed by atoms with E-state index in [0.29, 0.717) is 54.1 Å². The van der Waals surface area contributed by atoms with E-state index in [-0.39, 0.29) is 12.2 Å². The van der Waals surface area contributed by atoms with E-state index < -0.39 is 0 Å². The van der Waals surface area contributed by atoms with Gasteiger partial charge in [-0.05, 0) is 67.7 Å². The van der Waals surface area contributed by atoms with Crippen molar-refractivity contribution < 1.29 is 18.9 Å². The first kappa shape index (κ1) is 33.3. The number of ether oxygens (including phenoxy) is 4. The van der Waals surface area contributed by atoms with Crippen molar-refractivity contribution in [3.8, 4) is 28.8 Å². The first-order valence-electron chi connectivity index (χ1n) is 16.6. The van der Waals surface area contributed by atoms with Crippen molar-refractivity contribution in [2.24, 2.45) is 0 Å². The number of methoxy groups -OCH3 is 1. The lowest BCUT2D eigenvalue weighted by Crippen LogP contribution is -2.45. The molecule has 2 aliphatic rings. The maximum Gasteiger partial charge on any atom is 0.256 e. The number of rotatable bonds is 14. The third kappa shape index (κ3) is 8.43. The number of hydrogen-bond acceptors (Lipinski definition) is 13. The van der Waals surface area contributed by atoms with Crippen LogP contribution in [0.5, 0.6) is 11.6 Å². The van der Waals surface area contributed by atoms with Crippen LogP contribution in [0.25, 0.3) is 11.1 Å². The quantitative estimate of drug-likeness (QED) is 0.207. The van der Waals surface area contributed by atoms with Gasteiger partial charge in [-0.15, -0.1) is 10.2 Å². The molecule has 2 fully saturated rings. The Morgan fingerprint density at radius 2 is 1.81 bits per heavy atom. The molecule has 1 aliphatic carbocycles. The third-order valence-corrected chi connectivity index (χ3v) is 8.96. The van der Waals surface area contributed by atoms with Gasteiger partial charge in [-0.2, -0.15) is 5.26 Å². The number of anilines is 2. The van der Waals surface area contributed by atoms with Crippen LogP contribution in [0.15, 0.2) is 43.1 Å². The summed E-state index contributed by atoms with van der Waals surface area (Å²) >= 11 is 0. The maximum atomic E-state index is 9.66. The SMILES string of the molecule is COC(C)CCOc1nn([C@H]2CC[C@H](N3CCOCC3)CC2)cc1Nc1ncc(-c2ccc(C#N)c(O[C@@H](C)Cn3cnnn3)c2)cn1. The molecule has 2 atom stereocenters. The van der Waals surface area contributed by atoms with Crippen LogP contribution in [0, 0.1) is 11.3 Å². The monoisotopic (exact) mass is 657 g/mol. The van der Waals surface area contributed by atoms with Crippen LogP contribution < -0.4 is 14.8 Å². The molecule has 1 saturated carbocycles. The van der Waals surface area contributed by atoms with Gasteiger partial charge in [0.05, 0.1) is 50.3 Å². The summed E-state index contributed by atoms with van der Waals surface area (Å²) in [5, 5.41) is 29.1. The topological polar surface area (TPSA) is 163 Å². The van der Waals surface area contributed by atoms with Gasteiger partial charge in [0.15, 0.2) is 0 Å². The molecule has 1 saturated heterocycles. The van der Waals surface area contributed by atoms with Gasteiger partial charge in [-0.3, -0.25) is 9.58 Å². The van der Waals surface area contributed by atoms with Gasteiger partial charge in [0, 0.05) is 50.6 Å². The van der Waals surface area contributed by atoms with Crippen LogP contribution in [0.1, 0.15) is 57.6 Å². The van der Waals surface area contributed by atoms with Gasteiger partial charge >= 0.3 is 0 Å². The summed E-state index contributed by atoms with van der Waals surface area (Å²) in [7, 11) is 1.70. The highest BCUT2D eigenvalue weighted by molar-refractivity contribution is 5.67. The average molecular weight is 658 g/mol. The number of hydrogen-bond donors (Lipinski definition) is 1. The molecule has 15 nitrogen and oxygen atoms in total. The molecule has 6 rings (SSSR count). The van der Waals surface area contributed by atoms with E-state index in [1.807, 2.05) is 36.9 Å². The average Bonchev–Trinajstić information content (AvgIpc) is 3.79. The normalized spacial score (nSPS) is 19.7. The Hall–Kier alpha value is -4.65. The van der Waals surface area contributed by atoms with Crippen molar-refractivity contribution in [2.45, 2.75) is 76.8 Å². The van der Waals surface area contributed by atoms with E-state index in [9.17, 15) is 5.26 Å². The second-order valence-electron chi connectivity index (χ2n) is 12.3. The number of tetrazole rings is 1. The number of nitrogens with one attached hydrogen (secondary N) is 1. The highest BCUT2D eigenvalue weighted by atomic mass is 16.5. The lowest BCUT2D eigenvalue weighted by molar-refractivity contribution is 0.00502. The van der Waals surface area contributed by atoms with Gasteiger partial charge in [0.25, 0.3) is 5.88 Å². The van der Waals surface area contributed by atoms with E-state index in [1.54, 1.807) is 30.3 Å². The first-order valence-corrected chi connectivity index (χ1v) is 16.6. The van der Waals surface area contributed by atoms with E-state index in [0.717, 1.165) is 69.5 Å². The highest BCUT2D eigenvalue weighted by Gasteiger charge is 2.29. The Balaban J connectivity index is 1.14. The van der Waals surface area contributed by atoms with Crippen LogP contribution in [-0.2, 0) is 16.0 Å². The molecule has 15 heteroatoms. The molecule has 0 radical (unpaired) electrons. The minimum absolute atomic E-state index is 0.0807. The fourth-order valence-corrected chi connectivity index (χ4v) is 6.16. The molecule has 1 N–H and O–H groups in total. The first-order chi connectivity index (χ1) is 23.5. The summed E-state index contributed by atoms with van der Waals surface area (Å²) < 4.78 is 26.8. The molecule has 1 aliphatic heterocycles. The number of morpholine rings is 1. The van der Waals surface area contributed by atoms with Crippen LogP contribution >= 0.6 is 0 Å². The van der Waals surface area contributed by atoms with Crippen molar-refractivity contribution in [2.75, 3.05) is 45.3 Å². The predicted octanol–water partition coefficient (Wildman–Crippen LogP) is 4.03. The molecule has 0 amide bonds. The van der Waals surface area contributed by atoms with Crippen LogP contribution in [0.2, 0.25) is 0 Å². The summed E-state index contributed by atoms with van der Waals surface area (Å²) in [6, 6.07) is 8.52. The zero-order chi connectivity index (χ0) is 33.3. The number of nitrogens with zero attached hydrogens (tertiary/aromatic N) is 10. The van der Waals surface area contributed by atoms with Crippen molar-refractivity contribution in [1.82, 2.24) is 44.9 Å². The molecule has 0 bridgehead atoms. The molecule has 1 aromatic carbocycles. The summed E-state index contributed by atoms with van der Waals surface area (Å²) in [6.07, 6.45) is 12.0. The zero-order valence-corrected chi connectivity index (χ0v) is 27.7. The minimum Gasteiger partial charge on any atom is -0.487 e. The Bertz CT molecular complexity index is 1630. The number of aromatic nitrogens is 8. The molecule has 4 aromatic rings. The van der Waals surface area contributed by atoms with Gasteiger partial charge in [0.1, 0.15) is 29.9 Å². The van der Waals surface area contributed by atoms with E-state index >= 15 is 0 Å². The second-order valence-corrected chi connectivity index (χ2v) is 12.3. The Morgan fingerprint density at radius 1 is 1.04 bits per heavy atom. The van der Waals surface area contributed by atoms with Crippen molar-refractivity contribution in [1.29, 1.82) is 5.26 Å². The summed E-state index contributed by atoms with van der Waals surface area (Å²) in [5.41, 5.74) is 2.75. The fourth-order valence-electron chi connectivity index (χ4n) is 6.16. The number of benzene rings is 1. The minimum atomic E-state index is -0.270. The van der Waals surface area contributed by atoms with Crippen LogP contribution in [-0.4, -0.2) is 103 Å². The lowest BCUT2D eigenvalue weighted by atomic mass is 9.90. The van der Waals surface area contributed by atoms with E-state index in [4.69, 9.17) is 24.0 Å². The number of nitriles is 1. The fraction of sp³-hybridized carbons (Fsp3) is 0.545. The molecule has 1 unspecified atom stereocenters. The molecule has 3 aromatic heterocycles. The van der Waals surface area contributed by atoms with Gasteiger partial charge < -0.3 is 24.3 Å². The van der Waals surface area contributed by atoms with E-state index in [2.05, 4.69) is 41.8 Å². The zero-order valence-electron chi connectivity index (χ0n) is 27.7. The Kier molecular flexibility index (Phi) is 11.1. The van der Waals surface area contributed by atoms with Gasteiger partial charge in [0.2, 0.25) is 5.95 Å². The summed E-state index contributed by atoms with van der Waals surface area (Å²) in [6.45, 7) is 8.51. The Labute approximate surface area is 280 Å². The van der Waals surface area contributed by atoms with Crippen molar-refractivity contribution in [3.63, 3.8) is 0 Å². The summed E-state index contributed by atoms with van der Waals surface area (Å²) in [5.74, 6) is 1.41. The van der Waals surface area contributed by atoms with Gasteiger partial charge in [-0.25, -0.2) is 14.6 Å². The smallest absolute Gasteiger partial charge is 0.256 e. The van der Waals surface area contributed by atoms with Gasteiger partial charge in [-0.1, -0.05) is 6.07 Å². The second kappa shape index (κ2) is 16.0. The highest BCUT2D eigenvalue weighted by Crippen LogP contribution is 2.35. The molecule has 4 heterocycles. The molecular formula is C33H43N11O4.